The maximum Gasteiger partial charge on any atom is 0.247 e. The van der Waals surface area contributed by atoms with Crippen LogP contribution in [0.5, 0.6) is 0 Å². The molecule has 0 spiro atoms. The molecule has 0 amide bonds. The highest BCUT2D eigenvalue weighted by Crippen LogP contribution is 2.31. The Balaban J connectivity index is 4.07. The van der Waals surface area contributed by atoms with Gasteiger partial charge in [0.05, 0.1) is 0 Å². The molecule has 0 bridgehead atoms. The van der Waals surface area contributed by atoms with Crippen molar-refractivity contribution in [3.63, 3.8) is 0 Å². The minimum Gasteiger partial charge on any atom is -0.314 e. The Bertz CT molecular complexity index is 512. The normalized spacial score (nSPS) is 12.0. The second-order valence-corrected chi connectivity index (χ2v) is 21.0. The van der Waals surface area contributed by atoms with Crippen molar-refractivity contribution in [2.75, 3.05) is 0 Å². The van der Waals surface area contributed by atoms with E-state index in [1.807, 2.05) is 0 Å². The number of hydrogen-bond acceptors (Lipinski definition) is 0. The van der Waals surface area contributed by atoms with Gasteiger partial charge in [-0.3, -0.25) is 0 Å². The van der Waals surface area contributed by atoms with Gasteiger partial charge in [-0.15, -0.1) is 0 Å². The predicted octanol–water partition coefficient (Wildman–Crippen LogP) is 19.3. The molecule has 0 radical (unpaired) electrons. The zero-order chi connectivity index (χ0) is 36.3. The van der Waals surface area contributed by atoms with E-state index in [1.54, 1.807) is 0 Å². The van der Waals surface area contributed by atoms with Gasteiger partial charge in [-0.1, -0.05) is 290 Å². The summed E-state index contributed by atoms with van der Waals surface area (Å²) in [6.45, 7) is 6.91. The molecule has 50 heavy (non-hydrogen) atoms. The molecule has 0 aliphatic carbocycles. The van der Waals surface area contributed by atoms with Gasteiger partial charge in [0.2, 0.25) is 8.41 Å². The van der Waals surface area contributed by atoms with Crippen LogP contribution in [0, 0.1) is 0 Å². The molecule has 0 N–H and O–H groups in total. The Kier molecular flexibility index (Phi) is 43.7. The van der Waals surface area contributed by atoms with Crippen LogP contribution in [0.25, 0.3) is 0 Å². The first kappa shape index (κ1) is 50.1. The molecule has 0 aliphatic rings. The van der Waals surface area contributed by atoms with Crippen LogP contribution < -0.4 is 0 Å². The van der Waals surface area contributed by atoms with Crippen molar-refractivity contribution in [1.29, 1.82) is 0 Å². The second kappa shape index (κ2) is 43.6. The van der Waals surface area contributed by atoms with E-state index in [1.165, 1.54) is 270 Å². The van der Waals surface area contributed by atoms with Crippen molar-refractivity contribution in [1.82, 2.24) is 0 Å². The molecule has 0 aliphatic heterocycles. The highest BCUT2D eigenvalue weighted by atomic mass is 28.4. The lowest BCUT2D eigenvalue weighted by Crippen LogP contribution is -2.28. The van der Waals surface area contributed by atoms with Crippen molar-refractivity contribution < 1.29 is 4.11 Å². The van der Waals surface area contributed by atoms with E-state index in [0.29, 0.717) is 0 Å². The van der Waals surface area contributed by atoms with Gasteiger partial charge >= 0.3 is 0 Å². The van der Waals surface area contributed by atoms with Crippen LogP contribution in [0.3, 0.4) is 0 Å². The molecule has 302 valence electrons. The minimum absolute atomic E-state index is 0.974. The molecule has 0 atom stereocenters. The van der Waals surface area contributed by atoms with Gasteiger partial charge in [0, 0.05) is 0 Å². The summed E-state index contributed by atoms with van der Waals surface area (Å²) in [6.07, 6.45) is 58.4. The number of halogens is 1. The Morgan fingerprint density at radius 2 is 0.320 bits per heavy atom. The molecule has 0 rings (SSSR count). The SMILES string of the molecule is CCCCCCCCCCCCCCCC[Si](F)(CCCCCCCCCCCCCCCC)CCCCCCCCCCCCCCCC. The van der Waals surface area contributed by atoms with Crippen molar-refractivity contribution in [2.45, 2.75) is 309 Å². The molecule has 2 heteroatoms. The average Bonchev–Trinajstić information content (AvgIpc) is 3.12. The molecule has 0 nitrogen and oxygen atoms in total. The molecule has 0 aromatic heterocycles. The van der Waals surface area contributed by atoms with E-state index in [2.05, 4.69) is 20.8 Å². The monoisotopic (exact) mass is 723 g/mol. The van der Waals surface area contributed by atoms with Crippen molar-refractivity contribution >= 4 is 8.41 Å². The largest absolute Gasteiger partial charge is 0.314 e. The van der Waals surface area contributed by atoms with Gasteiger partial charge in [0.25, 0.3) is 0 Å². The highest BCUT2D eigenvalue weighted by Gasteiger charge is 2.32. The van der Waals surface area contributed by atoms with E-state index in [4.69, 9.17) is 0 Å². The van der Waals surface area contributed by atoms with Gasteiger partial charge in [-0.2, -0.15) is 0 Å². The Labute approximate surface area is 320 Å². The Morgan fingerprint density at radius 3 is 0.460 bits per heavy atom. The summed E-state index contributed by atoms with van der Waals surface area (Å²) in [5.74, 6) is 0. The zero-order valence-electron chi connectivity index (χ0n) is 35.7. The average molecular weight is 723 g/mol. The Hall–Kier alpha value is 0.147. The van der Waals surface area contributed by atoms with Gasteiger partial charge in [0.1, 0.15) is 0 Å². The molecule has 0 heterocycles. The van der Waals surface area contributed by atoms with E-state index < -0.39 is 8.41 Å². The molecule has 0 aromatic carbocycles. The van der Waals surface area contributed by atoms with Gasteiger partial charge in [-0.25, -0.2) is 0 Å². The summed E-state index contributed by atoms with van der Waals surface area (Å²) in [5, 5.41) is 0. The zero-order valence-corrected chi connectivity index (χ0v) is 36.7. The van der Waals surface area contributed by atoms with Crippen LogP contribution in [0.4, 0.5) is 4.11 Å². The van der Waals surface area contributed by atoms with Crippen LogP contribution in [-0.4, -0.2) is 8.41 Å². The van der Waals surface area contributed by atoms with Crippen molar-refractivity contribution in [3.05, 3.63) is 0 Å². The number of hydrogen-bond donors (Lipinski definition) is 0. The lowest BCUT2D eigenvalue weighted by molar-refractivity contribution is 0.532. The van der Waals surface area contributed by atoms with Gasteiger partial charge < -0.3 is 4.11 Å². The third-order valence-corrected chi connectivity index (χ3v) is 15.7. The van der Waals surface area contributed by atoms with Gasteiger partial charge in [-0.05, 0) is 18.1 Å². The first-order valence-corrected chi connectivity index (χ1v) is 26.9. The maximum atomic E-state index is 16.5. The lowest BCUT2D eigenvalue weighted by atomic mass is 10.0. The van der Waals surface area contributed by atoms with E-state index in [-0.39, 0.29) is 0 Å². The summed E-state index contributed by atoms with van der Waals surface area (Å²) in [4.78, 5) is 0. The smallest absolute Gasteiger partial charge is 0.247 e. The van der Waals surface area contributed by atoms with Crippen LogP contribution in [0.1, 0.15) is 290 Å². The highest BCUT2D eigenvalue weighted by molar-refractivity contribution is 6.73. The first-order chi connectivity index (χ1) is 24.7. The van der Waals surface area contributed by atoms with E-state index in [0.717, 1.165) is 18.1 Å². The molecule has 0 saturated heterocycles. The van der Waals surface area contributed by atoms with Crippen molar-refractivity contribution in [2.24, 2.45) is 0 Å². The topological polar surface area (TPSA) is 0 Å². The summed E-state index contributed by atoms with van der Waals surface area (Å²) in [6, 6.07) is 2.92. The van der Waals surface area contributed by atoms with E-state index >= 15 is 4.11 Å². The quantitative estimate of drug-likeness (QED) is 0.0333. The fraction of sp³-hybridized carbons (Fsp3) is 1.00. The fourth-order valence-corrected chi connectivity index (χ4v) is 11.7. The third-order valence-electron chi connectivity index (χ3n) is 11.9. The molecule has 0 saturated carbocycles. The van der Waals surface area contributed by atoms with Crippen LogP contribution in [0.2, 0.25) is 18.1 Å². The summed E-state index contributed by atoms with van der Waals surface area (Å²) in [5.41, 5.74) is 0. The maximum absolute atomic E-state index is 16.5. The number of unbranched alkanes of at least 4 members (excludes halogenated alkanes) is 39. The van der Waals surface area contributed by atoms with Crippen molar-refractivity contribution in [3.8, 4) is 0 Å². The summed E-state index contributed by atoms with van der Waals surface area (Å²) < 4.78 is 16.5. The molecule has 0 unspecified atom stereocenters. The molecule has 0 fully saturated rings. The van der Waals surface area contributed by atoms with E-state index in [9.17, 15) is 0 Å². The summed E-state index contributed by atoms with van der Waals surface area (Å²) in [7, 11) is -2.56. The van der Waals surface area contributed by atoms with Gasteiger partial charge in [0.15, 0.2) is 0 Å². The molecular formula is C48H99FSi. The van der Waals surface area contributed by atoms with Crippen LogP contribution >= 0.6 is 0 Å². The first-order valence-electron chi connectivity index (χ1n) is 24.4. The summed E-state index contributed by atoms with van der Waals surface area (Å²) >= 11 is 0. The van der Waals surface area contributed by atoms with Crippen LogP contribution in [-0.2, 0) is 0 Å². The second-order valence-electron chi connectivity index (χ2n) is 17.2. The Morgan fingerprint density at radius 1 is 0.200 bits per heavy atom. The molecule has 0 aromatic rings. The number of rotatable bonds is 45. The third kappa shape index (κ3) is 40.9. The van der Waals surface area contributed by atoms with Crippen LogP contribution in [0.15, 0.2) is 0 Å². The standard InChI is InChI=1S/C48H99FSi/c1-4-7-10-13-16-19-22-25-28-31-34-37-40-43-46-50(49,47-44-41-38-35-32-29-26-23-20-17-14-11-8-5-2)48-45-42-39-36-33-30-27-24-21-18-15-12-9-6-3/h4-48H2,1-3H3. The predicted molar refractivity (Wildman–Crippen MR) is 232 cm³/mol. The lowest BCUT2D eigenvalue weighted by Gasteiger charge is -2.23. The molecular weight excluding hydrogens is 624 g/mol. The minimum atomic E-state index is -2.56. The fourth-order valence-electron chi connectivity index (χ4n) is 8.28.